The molecule has 2 aromatic carbocycles. The highest BCUT2D eigenvalue weighted by Gasteiger charge is 2.32. The van der Waals surface area contributed by atoms with E-state index in [9.17, 15) is 39.6 Å². The highest BCUT2D eigenvalue weighted by molar-refractivity contribution is 5.88. The molecule has 13 heteroatoms. The van der Waals surface area contributed by atoms with Gasteiger partial charge in [0.05, 0.1) is 37.1 Å². The van der Waals surface area contributed by atoms with Crippen molar-refractivity contribution in [3.05, 3.63) is 71.9 Å². The number of carbonyl (C=O) groups is 4. The number of aliphatic hydroxyl groups excluding tert-OH is 3. The molecule has 0 saturated carbocycles. The molecule has 3 rings (SSSR count). The van der Waals surface area contributed by atoms with E-state index in [0.29, 0.717) is 24.9 Å². The number of fused-ring (bicyclic) bond motifs is 1. The highest BCUT2D eigenvalue weighted by Crippen LogP contribution is 2.21. The molecule has 0 radical (unpaired) electrons. The summed E-state index contributed by atoms with van der Waals surface area (Å²) < 4.78 is 0. The molecule has 4 amide bonds. The van der Waals surface area contributed by atoms with Crippen LogP contribution in [0.5, 0.6) is 0 Å². The Labute approximate surface area is 286 Å². The third-order valence-corrected chi connectivity index (χ3v) is 8.22. The number of benzene rings is 2. The molecule has 9 N–H and O–H groups in total. The lowest BCUT2D eigenvalue weighted by Gasteiger charge is -2.29. The molecule has 6 atom stereocenters. The number of carbonyl (C=O) groups excluding carboxylic acids is 3. The third kappa shape index (κ3) is 12.8. The lowest BCUT2D eigenvalue weighted by molar-refractivity contribution is -0.131. The van der Waals surface area contributed by atoms with Gasteiger partial charge >= 0.3 is 6.09 Å². The Kier molecular flexibility index (Phi) is 15.0. The molecule has 0 aliphatic rings. The fraction of sp³-hybridized carbons (Fsp3) is 0.500. The normalized spacial score (nSPS) is 15.2. The average molecular weight is 682 g/mol. The van der Waals surface area contributed by atoms with Crippen molar-refractivity contribution >= 4 is 34.7 Å². The minimum atomic E-state index is -1.65. The lowest BCUT2D eigenvalue weighted by atomic mass is 9.94. The summed E-state index contributed by atoms with van der Waals surface area (Å²) in [5.74, 6) is -1.50. The van der Waals surface area contributed by atoms with E-state index < -0.39 is 67.2 Å². The predicted octanol–water partition coefficient (Wildman–Crippen LogP) is 2.59. The largest absolute Gasteiger partial charge is 0.465 e. The van der Waals surface area contributed by atoms with Gasteiger partial charge in [0, 0.05) is 23.6 Å². The summed E-state index contributed by atoms with van der Waals surface area (Å²) in [5, 5.41) is 53.5. The van der Waals surface area contributed by atoms with E-state index in [1.165, 1.54) is 0 Å². The highest BCUT2D eigenvalue weighted by atomic mass is 16.4. The molecule has 0 saturated heterocycles. The minimum absolute atomic E-state index is 0.0105. The van der Waals surface area contributed by atoms with Crippen LogP contribution in [0.2, 0.25) is 0 Å². The summed E-state index contributed by atoms with van der Waals surface area (Å²) in [6.45, 7) is 7.92. The number of aromatic nitrogens is 1. The fourth-order valence-corrected chi connectivity index (χ4v) is 5.81. The van der Waals surface area contributed by atoms with Crippen LogP contribution in [0.4, 0.5) is 4.79 Å². The van der Waals surface area contributed by atoms with Crippen LogP contribution in [0.1, 0.15) is 64.5 Å². The lowest BCUT2D eigenvalue weighted by Crippen LogP contribution is -2.52. The predicted molar refractivity (Wildman–Crippen MR) is 185 cm³/mol. The molecule has 1 aromatic heterocycles. The maximum atomic E-state index is 13.1. The summed E-state index contributed by atoms with van der Waals surface area (Å²) in [7, 11) is 0. The minimum Gasteiger partial charge on any atom is -0.465 e. The number of hydrogen-bond donors (Lipinski definition) is 9. The summed E-state index contributed by atoms with van der Waals surface area (Å²) in [5.41, 5.74) is 2.45. The molecule has 0 aliphatic carbocycles. The average Bonchev–Trinajstić information content (AvgIpc) is 3.44. The Hall–Kier alpha value is -4.46. The Balaban J connectivity index is 1.60. The number of nitrogens with one attached hydrogen (secondary N) is 5. The van der Waals surface area contributed by atoms with E-state index in [0.717, 1.165) is 16.5 Å². The third-order valence-electron chi connectivity index (χ3n) is 8.22. The number of aromatic amines is 1. The molecule has 49 heavy (non-hydrogen) atoms. The van der Waals surface area contributed by atoms with Crippen LogP contribution in [0.3, 0.4) is 0 Å². The summed E-state index contributed by atoms with van der Waals surface area (Å²) >= 11 is 0. The van der Waals surface area contributed by atoms with Gasteiger partial charge in [0.25, 0.3) is 0 Å². The van der Waals surface area contributed by atoms with Crippen molar-refractivity contribution in [3.63, 3.8) is 0 Å². The first-order chi connectivity index (χ1) is 23.2. The van der Waals surface area contributed by atoms with Crippen molar-refractivity contribution < 1.29 is 39.6 Å². The quantitative estimate of drug-likeness (QED) is 0.0915. The van der Waals surface area contributed by atoms with Crippen molar-refractivity contribution in [2.24, 2.45) is 11.8 Å². The molecule has 3 aromatic rings. The van der Waals surface area contributed by atoms with Gasteiger partial charge in [-0.25, -0.2) is 4.79 Å². The second-order valence-corrected chi connectivity index (χ2v) is 13.4. The van der Waals surface area contributed by atoms with Crippen LogP contribution in [0, 0.1) is 11.8 Å². The van der Waals surface area contributed by atoms with Crippen LogP contribution < -0.4 is 21.3 Å². The van der Waals surface area contributed by atoms with E-state index in [1.54, 1.807) is 6.20 Å². The van der Waals surface area contributed by atoms with Crippen molar-refractivity contribution in [1.82, 2.24) is 26.3 Å². The number of para-hydroxylation sites is 1. The second-order valence-electron chi connectivity index (χ2n) is 13.4. The van der Waals surface area contributed by atoms with Crippen LogP contribution in [-0.4, -0.2) is 85.7 Å². The van der Waals surface area contributed by atoms with E-state index in [4.69, 9.17) is 0 Å². The molecule has 0 aliphatic heterocycles. The van der Waals surface area contributed by atoms with Crippen LogP contribution in [0.15, 0.2) is 60.8 Å². The Morgan fingerprint density at radius 2 is 1.35 bits per heavy atom. The number of hydrogen-bond acceptors (Lipinski definition) is 7. The first-order valence-electron chi connectivity index (χ1n) is 16.7. The van der Waals surface area contributed by atoms with Gasteiger partial charge in [-0.05, 0) is 48.3 Å². The number of H-pyrrole nitrogens is 1. The van der Waals surface area contributed by atoms with Crippen molar-refractivity contribution in [2.45, 2.75) is 103 Å². The van der Waals surface area contributed by atoms with Gasteiger partial charge in [-0.3, -0.25) is 14.4 Å². The topological polar surface area (TPSA) is 213 Å². The van der Waals surface area contributed by atoms with Crippen LogP contribution in [0.25, 0.3) is 10.9 Å². The van der Waals surface area contributed by atoms with Gasteiger partial charge in [-0.15, -0.1) is 0 Å². The van der Waals surface area contributed by atoms with Gasteiger partial charge in [-0.1, -0.05) is 76.2 Å². The van der Waals surface area contributed by atoms with E-state index in [-0.39, 0.29) is 24.2 Å². The van der Waals surface area contributed by atoms with Crippen LogP contribution >= 0.6 is 0 Å². The Morgan fingerprint density at radius 1 is 0.735 bits per heavy atom. The maximum absolute atomic E-state index is 13.1. The zero-order valence-corrected chi connectivity index (χ0v) is 28.6. The molecule has 0 fully saturated rings. The number of rotatable bonds is 19. The molecule has 1 heterocycles. The van der Waals surface area contributed by atoms with E-state index in [1.807, 2.05) is 82.3 Å². The van der Waals surface area contributed by atoms with Gasteiger partial charge < -0.3 is 46.7 Å². The Bertz CT molecular complexity index is 1510. The first-order valence-corrected chi connectivity index (χ1v) is 16.7. The van der Waals surface area contributed by atoms with Gasteiger partial charge in [0.15, 0.2) is 0 Å². The van der Waals surface area contributed by atoms with E-state index in [2.05, 4.69) is 26.3 Å². The molecule has 268 valence electrons. The number of carboxylic acid groups (broad SMARTS) is 1. The second kappa shape index (κ2) is 18.9. The molecule has 0 bridgehead atoms. The summed E-state index contributed by atoms with van der Waals surface area (Å²) in [4.78, 5) is 53.7. The Morgan fingerprint density at radius 3 is 2.00 bits per heavy atom. The molecule has 13 nitrogen and oxygen atoms in total. The number of aliphatic hydroxyl groups is 3. The maximum Gasteiger partial charge on any atom is 0.404 e. The van der Waals surface area contributed by atoms with Gasteiger partial charge in [0.2, 0.25) is 17.7 Å². The SMILES string of the molecule is CC(C)CC(NC(=O)CC(O)C(CC(C)C)NC(=O)CC(O)C(O)C(Cc1c[nH]c2ccccc12)NC(=O)O)C(=O)NCc1ccccc1. The number of amides is 4. The molecular formula is C36H51N5O8. The molecule has 0 spiro atoms. The van der Waals surface area contributed by atoms with Gasteiger partial charge in [-0.2, -0.15) is 0 Å². The van der Waals surface area contributed by atoms with E-state index >= 15 is 0 Å². The first kappa shape index (κ1) is 39.0. The smallest absolute Gasteiger partial charge is 0.404 e. The summed E-state index contributed by atoms with van der Waals surface area (Å²) in [6.07, 6.45) is -4.55. The zero-order valence-electron chi connectivity index (χ0n) is 28.6. The van der Waals surface area contributed by atoms with Crippen LogP contribution in [-0.2, 0) is 27.3 Å². The van der Waals surface area contributed by atoms with Crippen molar-refractivity contribution in [3.8, 4) is 0 Å². The van der Waals surface area contributed by atoms with Crippen molar-refractivity contribution in [1.29, 1.82) is 0 Å². The van der Waals surface area contributed by atoms with Gasteiger partial charge in [0.1, 0.15) is 12.1 Å². The molecular weight excluding hydrogens is 630 g/mol. The van der Waals surface area contributed by atoms with Crippen molar-refractivity contribution in [2.75, 3.05) is 0 Å². The summed E-state index contributed by atoms with van der Waals surface area (Å²) in [6, 6.07) is 13.9. The zero-order chi connectivity index (χ0) is 36.1. The monoisotopic (exact) mass is 681 g/mol. The fourth-order valence-electron chi connectivity index (χ4n) is 5.81. The standard InChI is InChI=1S/C36H51N5O8/c1-21(2)14-27(30(42)17-32(44)40-29(15-22(3)4)35(47)38-19-23-10-6-5-7-11-23)39-33(45)18-31(43)34(46)28(41-36(48)49)16-24-20-37-26-13-9-8-12-25(24)26/h5-13,20-22,27-31,34,37,41-43,46H,14-19H2,1-4H3,(H,38,47)(H,39,45)(H,40,44)(H,48,49). The molecule has 6 unspecified atom stereocenters.